The summed E-state index contributed by atoms with van der Waals surface area (Å²) in [5.41, 5.74) is 0.879. The van der Waals surface area contributed by atoms with Crippen LogP contribution in [0.25, 0.3) is 0 Å². The van der Waals surface area contributed by atoms with Gasteiger partial charge in [0.2, 0.25) is 0 Å². The van der Waals surface area contributed by atoms with Crippen molar-refractivity contribution >= 4 is 28.5 Å². The second kappa shape index (κ2) is 5.19. The minimum atomic E-state index is 0.245. The van der Waals surface area contributed by atoms with E-state index in [0.29, 0.717) is 6.04 Å². The summed E-state index contributed by atoms with van der Waals surface area (Å²) in [6.07, 6.45) is 6.38. The number of fused-ring (bicyclic) bond motifs is 1. The maximum absolute atomic E-state index is 12.6. The van der Waals surface area contributed by atoms with E-state index in [1.807, 2.05) is 24.3 Å². The smallest absolute Gasteiger partial charge is 0.255 e. The molecule has 1 aliphatic carbocycles. The van der Waals surface area contributed by atoms with Crippen LogP contribution in [-0.2, 0) is 0 Å². The molecule has 1 aromatic rings. The van der Waals surface area contributed by atoms with E-state index in [9.17, 15) is 4.79 Å². The highest BCUT2D eigenvalue weighted by molar-refractivity contribution is 14.1. The number of amides is 1. The Kier molecular flexibility index (Phi) is 3.59. The van der Waals surface area contributed by atoms with E-state index in [-0.39, 0.29) is 5.91 Å². The second-order valence-electron chi connectivity index (χ2n) is 5.38. The van der Waals surface area contributed by atoms with Gasteiger partial charge in [-0.15, -0.1) is 0 Å². The lowest BCUT2D eigenvalue weighted by atomic mass is 9.85. The Hall–Kier alpha value is -0.580. The molecule has 96 valence electrons. The average molecular weight is 355 g/mol. The largest absolute Gasteiger partial charge is 0.335 e. The molecular formula is C15H18INO. The molecule has 2 atom stereocenters. The van der Waals surface area contributed by atoms with Gasteiger partial charge in [-0.25, -0.2) is 0 Å². The van der Waals surface area contributed by atoms with Crippen LogP contribution in [-0.4, -0.2) is 23.4 Å². The summed E-state index contributed by atoms with van der Waals surface area (Å²) in [7, 11) is 0. The molecule has 0 N–H and O–H groups in total. The Morgan fingerprint density at radius 3 is 2.78 bits per heavy atom. The van der Waals surface area contributed by atoms with Crippen molar-refractivity contribution in [2.45, 2.75) is 38.1 Å². The number of halogens is 1. The van der Waals surface area contributed by atoms with E-state index in [1.54, 1.807) is 0 Å². The van der Waals surface area contributed by atoms with Gasteiger partial charge in [-0.1, -0.05) is 25.0 Å². The molecule has 2 unspecified atom stereocenters. The molecule has 3 heteroatoms. The van der Waals surface area contributed by atoms with Crippen LogP contribution in [0, 0.1) is 9.49 Å². The summed E-state index contributed by atoms with van der Waals surface area (Å²) in [6, 6.07) is 8.44. The van der Waals surface area contributed by atoms with Crippen molar-refractivity contribution in [3.05, 3.63) is 33.4 Å². The van der Waals surface area contributed by atoms with Gasteiger partial charge >= 0.3 is 0 Å². The lowest BCUT2D eigenvalue weighted by Crippen LogP contribution is -2.39. The van der Waals surface area contributed by atoms with Crippen molar-refractivity contribution in [1.29, 1.82) is 0 Å². The highest BCUT2D eigenvalue weighted by Gasteiger charge is 2.38. The molecule has 2 fully saturated rings. The highest BCUT2D eigenvalue weighted by Crippen LogP contribution is 2.37. The van der Waals surface area contributed by atoms with E-state index in [1.165, 1.54) is 32.1 Å². The standard InChI is InChI=1S/C15H18INO/c16-13-7-3-2-6-12(13)15(18)17-10-9-11-5-1-4-8-14(11)17/h2-3,6-7,11,14H,1,4-5,8-10H2. The van der Waals surface area contributed by atoms with E-state index in [4.69, 9.17) is 0 Å². The van der Waals surface area contributed by atoms with Crippen LogP contribution in [0.1, 0.15) is 42.5 Å². The number of carbonyl (C=O) groups is 1. The zero-order chi connectivity index (χ0) is 12.5. The lowest BCUT2D eigenvalue weighted by molar-refractivity contribution is 0.0689. The van der Waals surface area contributed by atoms with Gasteiger partial charge in [-0.2, -0.15) is 0 Å². The van der Waals surface area contributed by atoms with Crippen LogP contribution in [0.15, 0.2) is 24.3 Å². The first kappa shape index (κ1) is 12.5. The lowest BCUT2D eigenvalue weighted by Gasteiger charge is -2.31. The molecule has 1 saturated heterocycles. The fourth-order valence-electron chi connectivity index (χ4n) is 3.45. The van der Waals surface area contributed by atoms with Crippen molar-refractivity contribution < 1.29 is 4.79 Å². The number of benzene rings is 1. The van der Waals surface area contributed by atoms with E-state index in [2.05, 4.69) is 27.5 Å². The van der Waals surface area contributed by atoms with Crippen LogP contribution in [0.2, 0.25) is 0 Å². The molecule has 1 saturated carbocycles. The van der Waals surface area contributed by atoms with Crippen LogP contribution in [0.5, 0.6) is 0 Å². The molecule has 0 radical (unpaired) electrons. The summed E-state index contributed by atoms with van der Waals surface area (Å²) in [4.78, 5) is 14.8. The maximum atomic E-state index is 12.6. The van der Waals surface area contributed by atoms with E-state index < -0.39 is 0 Å². The van der Waals surface area contributed by atoms with E-state index >= 15 is 0 Å². The third kappa shape index (κ3) is 2.17. The number of hydrogen-bond donors (Lipinski definition) is 0. The van der Waals surface area contributed by atoms with Crippen LogP contribution in [0.4, 0.5) is 0 Å². The van der Waals surface area contributed by atoms with Crippen LogP contribution in [0.3, 0.4) is 0 Å². The number of nitrogens with zero attached hydrogens (tertiary/aromatic N) is 1. The van der Waals surface area contributed by atoms with Crippen molar-refractivity contribution in [3.8, 4) is 0 Å². The number of hydrogen-bond acceptors (Lipinski definition) is 1. The van der Waals surface area contributed by atoms with Crippen molar-refractivity contribution in [2.75, 3.05) is 6.54 Å². The quantitative estimate of drug-likeness (QED) is 0.704. The highest BCUT2D eigenvalue weighted by atomic mass is 127. The third-order valence-corrected chi connectivity index (χ3v) is 5.32. The van der Waals surface area contributed by atoms with Gasteiger partial charge in [-0.05, 0) is 59.9 Å². The van der Waals surface area contributed by atoms with Crippen LogP contribution >= 0.6 is 22.6 Å². The number of carbonyl (C=O) groups excluding carboxylic acids is 1. The number of likely N-dealkylation sites (tertiary alicyclic amines) is 1. The summed E-state index contributed by atoms with van der Waals surface area (Å²) >= 11 is 2.26. The second-order valence-corrected chi connectivity index (χ2v) is 6.54. The van der Waals surface area contributed by atoms with Crippen molar-refractivity contribution in [3.63, 3.8) is 0 Å². The van der Waals surface area contributed by atoms with Gasteiger partial charge in [0.1, 0.15) is 0 Å². The van der Waals surface area contributed by atoms with Crippen molar-refractivity contribution in [2.24, 2.45) is 5.92 Å². The summed E-state index contributed by atoms with van der Waals surface area (Å²) in [5, 5.41) is 0. The number of rotatable bonds is 1. The molecule has 18 heavy (non-hydrogen) atoms. The molecule has 0 spiro atoms. The Morgan fingerprint density at radius 2 is 1.94 bits per heavy atom. The van der Waals surface area contributed by atoms with Crippen LogP contribution < -0.4 is 0 Å². The van der Waals surface area contributed by atoms with E-state index in [0.717, 1.165) is 21.6 Å². The first-order valence-corrected chi connectivity index (χ1v) is 7.91. The summed E-state index contributed by atoms with van der Waals surface area (Å²) in [6.45, 7) is 0.957. The third-order valence-electron chi connectivity index (χ3n) is 4.38. The van der Waals surface area contributed by atoms with Gasteiger partial charge in [0, 0.05) is 16.2 Å². The molecule has 0 aromatic heterocycles. The molecule has 3 rings (SSSR count). The molecule has 1 aliphatic heterocycles. The molecule has 1 amide bonds. The molecule has 2 aliphatic rings. The SMILES string of the molecule is O=C(c1ccccc1I)N1CCC2CCCCC21. The Bertz CT molecular complexity index is 460. The summed E-state index contributed by atoms with van der Waals surface area (Å²) < 4.78 is 1.07. The fraction of sp³-hybridized carbons (Fsp3) is 0.533. The normalized spacial score (nSPS) is 27.1. The minimum Gasteiger partial charge on any atom is -0.335 e. The fourth-order valence-corrected chi connectivity index (χ4v) is 4.07. The average Bonchev–Trinajstić information content (AvgIpc) is 2.82. The molecule has 1 aromatic carbocycles. The predicted molar refractivity (Wildman–Crippen MR) is 80.6 cm³/mol. The van der Waals surface area contributed by atoms with Crippen molar-refractivity contribution in [1.82, 2.24) is 4.90 Å². The first-order valence-electron chi connectivity index (χ1n) is 6.83. The monoisotopic (exact) mass is 355 g/mol. The first-order chi connectivity index (χ1) is 8.77. The van der Waals surface area contributed by atoms with Gasteiger partial charge < -0.3 is 4.90 Å². The topological polar surface area (TPSA) is 20.3 Å². The molecule has 0 bridgehead atoms. The van der Waals surface area contributed by atoms with Gasteiger partial charge in [-0.3, -0.25) is 4.79 Å². The minimum absolute atomic E-state index is 0.245. The Labute approximate surface area is 122 Å². The summed E-state index contributed by atoms with van der Waals surface area (Å²) in [5.74, 6) is 1.01. The predicted octanol–water partition coefficient (Wildman–Crippen LogP) is 3.70. The Morgan fingerprint density at radius 1 is 1.17 bits per heavy atom. The van der Waals surface area contributed by atoms with Gasteiger partial charge in [0.25, 0.3) is 5.91 Å². The zero-order valence-electron chi connectivity index (χ0n) is 10.4. The molecule has 1 heterocycles. The Balaban J connectivity index is 1.83. The molecular weight excluding hydrogens is 337 g/mol. The van der Waals surface area contributed by atoms with Gasteiger partial charge in [0.15, 0.2) is 0 Å². The molecule has 2 nitrogen and oxygen atoms in total. The van der Waals surface area contributed by atoms with Gasteiger partial charge in [0.05, 0.1) is 5.56 Å². The maximum Gasteiger partial charge on any atom is 0.255 e. The zero-order valence-corrected chi connectivity index (χ0v) is 12.6.